The van der Waals surface area contributed by atoms with E-state index >= 15 is 0 Å². The highest BCUT2D eigenvalue weighted by Crippen LogP contribution is 2.40. The molecule has 0 spiro atoms. The average molecular weight is 289 g/mol. The van der Waals surface area contributed by atoms with Crippen LogP contribution in [0.4, 0.5) is 13.2 Å². The molecule has 0 atom stereocenters. The molecule has 6 heteroatoms. The predicted octanol–water partition coefficient (Wildman–Crippen LogP) is 3.61. The lowest BCUT2D eigenvalue weighted by Gasteiger charge is -2.12. The van der Waals surface area contributed by atoms with E-state index in [0.717, 1.165) is 6.07 Å². The van der Waals surface area contributed by atoms with Gasteiger partial charge in [0.05, 0.1) is 17.2 Å². The molecule has 0 radical (unpaired) electrons. The Kier molecular flexibility index (Phi) is 3.44. The van der Waals surface area contributed by atoms with Crippen molar-refractivity contribution < 1.29 is 18.3 Å². The summed E-state index contributed by atoms with van der Waals surface area (Å²) in [6.45, 7) is -0.351. The zero-order valence-corrected chi connectivity index (χ0v) is 9.04. The zero-order chi connectivity index (χ0) is 10.9. The summed E-state index contributed by atoms with van der Waals surface area (Å²) in [7, 11) is 0. The van der Waals surface area contributed by atoms with Crippen molar-refractivity contribution in [2.24, 2.45) is 0 Å². The largest absolute Gasteiger partial charge is 0.418 e. The number of aliphatic hydroxyl groups excluding tert-OH is 1. The summed E-state index contributed by atoms with van der Waals surface area (Å²) in [5.41, 5.74) is -0.591. The molecule has 0 aromatic heterocycles. The van der Waals surface area contributed by atoms with Gasteiger partial charge in [0.2, 0.25) is 0 Å². The van der Waals surface area contributed by atoms with E-state index in [-0.39, 0.29) is 11.1 Å². The molecular weight excluding hydrogens is 284 g/mol. The molecule has 0 bridgehead atoms. The maximum Gasteiger partial charge on any atom is 0.418 e. The van der Waals surface area contributed by atoms with Crippen LogP contribution >= 0.6 is 27.5 Å². The summed E-state index contributed by atoms with van der Waals surface area (Å²) < 4.78 is 36.9. The molecule has 0 amide bonds. The molecule has 1 aromatic rings. The lowest BCUT2D eigenvalue weighted by molar-refractivity contribution is -0.138. The third-order valence-corrected chi connectivity index (χ3v) is 2.49. The number of aliphatic hydroxyl groups is 1. The van der Waals surface area contributed by atoms with Crippen molar-refractivity contribution in [1.82, 2.24) is 0 Å². The third-order valence-electron chi connectivity index (χ3n) is 1.57. The first-order valence-corrected chi connectivity index (χ1v) is 4.69. The number of hydrogen-bond donors (Lipinski definition) is 1. The van der Waals surface area contributed by atoms with Gasteiger partial charge in [0.15, 0.2) is 0 Å². The Morgan fingerprint density at radius 2 is 1.93 bits per heavy atom. The van der Waals surface area contributed by atoms with Crippen molar-refractivity contribution in [3.63, 3.8) is 0 Å². The zero-order valence-electron chi connectivity index (χ0n) is 6.70. The van der Waals surface area contributed by atoms with Gasteiger partial charge in [0, 0.05) is 4.47 Å². The highest BCUT2D eigenvalue weighted by atomic mass is 79.9. The first-order valence-electron chi connectivity index (χ1n) is 3.52. The van der Waals surface area contributed by atoms with Gasteiger partial charge in [-0.25, -0.2) is 0 Å². The Morgan fingerprint density at radius 3 is 2.29 bits per heavy atom. The SMILES string of the molecule is OCc1cc(Cl)c(C(F)(F)F)c(Br)c1. The van der Waals surface area contributed by atoms with Gasteiger partial charge < -0.3 is 5.11 Å². The van der Waals surface area contributed by atoms with Gasteiger partial charge in [-0.15, -0.1) is 0 Å². The van der Waals surface area contributed by atoms with Crippen LogP contribution in [0.25, 0.3) is 0 Å². The van der Waals surface area contributed by atoms with Crippen LogP contribution in [-0.2, 0) is 12.8 Å². The fourth-order valence-corrected chi connectivity index (χ4v) is 2.18. The molecule has 0 fully saturated rings. The quantitative estimate of drug-likeness (QED) is 0.837. The molecule has 1 nitrogen and oxygen atoms in total. The molecule has 0 aliphatic rings. The maximum atomic E-state index is 12.4. The lowest BCUT2D eigenvalue weighted by atomic mass is 10.1. The van der Waals surface area contributed by atoms with E-state index in [4.69, 9.17) is 16.7 Å². The second-order valence-corrected chi connectivity index (χ2v) is 3.85. The summed E-state index contributed by atoms with van der Waals surface area (Å²) >= 11 is 8.20. The smallest absolute Gasteiger partial charge is 0.392 e. The van der Waals surface area contributed by atoms with Crippen LogP contribution in [0.1, 0.15) is 11.1 Å². The topological polar surface area (TPSA) is 20.2 Å². The Labute approximate surface area is 91.6 Å². The normalized spacial score (nSPS) is 11.9. The van der Waals surface area contributed by atoms with E-state index < -0.39 is 16.8 Å². The summed E-state index contributed by atoms with van der Waals surface area (Å²) in [4.78, 5) is 0. The highest BCUT2D eigenvalue weighted by Gasteiger charge is 2.35. The third kappa shape index (κ3) is 2.40. The van der Waals surface area contributed by atoms with Gasteiger partial charge in [0.1, 0.15) is 0 Å². The van der Waals surface area contributed by atoms with Crippen molar-refractivity contribution in [1.29, 1.82) is 0 Å². The van der Waals surface area contributed by atoms with Crippen molar-refractivity contribution >= 4 is 27.5 Å². The van der Waals surface area contributed by atoms with E-state index in [1.807, 2.05) is 0 Å². The highest BCUT2D eigenvalue weighted by molar-refractivity contribution is 9.10. The van der Waals surface area contributed by atoms with Gasteiger partial charge in [-0.1, -0.05) is 27.5 Å². The van der Waals surface area contributed by atoms with Gasteiger partial charge in [-0.05, 0) is 17.7 Å². The molecule has 1 N–H and O–H groups in total. The minimum atomic E-state index is -4.50. The number of alkyl halides is 3. The van der Waals surface area contributed by atoms with Crippen LogP contribution in [0.15, 0.2) is 16.6 Å². The first-order chi connectivity index (χ1) is 6.36. The van der Waals surface area contributed by atoms with E-state index in [2.05, 4.69) is 15.9 Å². The molecule has 14 heavy (non-hydrogen) atoms. The van der Waals surface area contributed by atoms with Crippen LogP contribution < -0.4 is 0 Å². The Bertz CT molecular complexity index is 328. The van der Waals surface area contributed by atoms with E-state index in [0.29, 0.717) is 5.56 Å². The Hall–Kier alpha value is -0.260. The molecule has 1 rings (SSSR count). The van der Waals surface area contributed by atoms with E-state index in [1.165, 1.54) is 6.07 Å². The minimum absolute atomic E-state index is 0.165. The molecule has 0 saturated carbocycles. The molecule has 0 aliphatic heterocycles. The second kappa shape index (κ2) is 4.08. The Balaban J connectivity index is 3.33. The van der Waals surface area contributed by atoms with Crippen molar-refractivity contribution in [3.05, 3.63) is 32.8 Å². The van der Waals surface area contributed by atoms with Crippen LogP contribution in [-0.4, -0.2) is 5.11 Å². The van der Waals surface area contributed by atoms with E-state index in [9.17, 15) is 13.2 Å². The van der Waals surface area contributed by atoms with Crippen LogP contribution in [0.2, 0.25) is 5.02 Å². The molecule has 1 aromatic carbocycles. The summed E-state index contributed by atoms with van der Waals surface area (Å²) in [5, 5.41) is 8.30. The summed E-state index contributed by atoms with van der Waals surface area (Å²) in [6, 6.07) is 2.28. The van der Waals surface area contributed by atoms with Crippen molar-refractivity contribution in [2.45, 2.75) is 12.8 Å². The second-order valence-electron chi connectivity index (χ2n) is 2.59. The van der Waals surface area contributed by atoms with Crippen LogP contribution in [0.5, 0.6) is 0 Å². The standard InChI is InChI=1S/C8H5BrClF3O/c9-5-1-4(3-14)2-6(10)7(5)8(11,12)13/h1-2,14H,3H2. The van der Waals surface area contributed by atoms with Gasteiger partial charge in [-0.3, -0.25) is 0 Å². The number of benzene rings is 1. The van der Waals surface area contributed by atoms with Crippen molar-refractivity contribution in [2.75, 3.05) is 0 Å². The van der Waals surface area contributed by atoms with Crippen LogP contribution in [0.3, 0.4) is 0 Å². The Morgan fingerprint density at radius 1 is 1.36 bits per heavy atom. The lowest BCUT2D eigenvalue weighted by Crippen LogP contribution is -2.07. The van der Waals surface area contributed by atoms with Gasteiger partial charge in [0.25, 0.3) is 0 Å². The number of halogens is 5. The molecule has 0 unspecified atom stereocenters. The van der Waals surface area contributed by atoms with Crippen LogP contribution in [0, 0.1) is 0 Å². The molecular formula is C8H5BrClF3O. The maximum absolute atomic E-state index is 12.4. The fourth-order valence-electron chi connectivity index (χ4n) is 0.988. The molecule has 0 heterocycles. The molecule has 0 saturated heterocycles. The number of hydrogen-bond acceptors (Lipinski definition) is 1. The monoisotopic (exact) mass is 288 g/mol. The first kappa shape index (κ1) is 11.8. The van der Waals surface area contributed by atoms with Gasteiger partial charge in [-0.2, -0.15) is 13.2 Å². The van der Waals surface area contributed by atoms with E-state index in [1.54, 1.807) is 0 Å². The summed E-state index contributed by atoms with van der Waals surface area (Å²) in [6.07, 6.45) is -4.50. The van der Waals surface area contributed by atoms with Crippen molar-refractivity contribution in [3.8, 4) is 0 Å². The fraction of sp³-hybridized carbons (Fsp3) is 0.250. The molecule has 78 valence electrons. The predicted molar refractivity (Wildman–Crippen MR) is 50.1 cm³/mol. The van der Waals surface area contributed by atoms with Gasteiger partial charge >= 0.3 is 6.18 Å². The summed E-state index contributed by atoms with van der Waals surface area (Å²) in [5.74, 6) is 0. The average Bonchev–Trinajstić information content (AvgIpc) is 1.99. The minimum Gasteiger partial charge on any atom is -0.392 e. The molecule has 0 aliphatic carbocycles. The number of rotatable bonds is 1.